The topological polar surface area (TPSA) is 129 Å². The highest BCUT2D eigenvalue weighted by Gasteiger charge is 2.24. The van der Waals surface area contributed by atoms with Gasteiger partial charge < -0.3 is 32.3 Å². The number of hydrogen-bond donors (Lipinski definition) is 7. The highest BCUT2D eigenvalue weighted by molar-refractivity contribution is 5.47. The van der Waals surface area contributed by atoms with E-state index in [1.807, 2.05) is 40.8 Å². The summed E-state index contributed by atoms with van der Waals surface area (Å²) in [5, 5.41) is 30.3. The van der Waals surface area contributed by atoms with Crippen molar-refractivity contribution in [3.63, 3.8) is 0 Å². The van der Waals surface area contributed by atoms with Gasteiger partial charge in [-0.15, -0.1) is 6.58 Å². The standard InChI is InChI=1S/C19H34N4O2.C3H7N.C2H6/c1-12(2)15-10-16(18(25)11-17(15)24)19(20)23-14-6-4-13(5-7-14)22-9-8-21-3;1-2-3-4;1-2/h10-14,19,21-25H,4-9,20H2,1-3H3;2H,1,3-4H2;1-2H3. The SMILES string of the molecule is C=CCN.CC.CNCCNC1CCC(NC(N)c2cc(C(C)C)c(O)cc2O)CC1. The molecule has 1 aromatic carbocycles. The predicted molar refractivity (Wildman–Crippen MR) is 132 cm³/mol. The van der Waals surface area contributed by atoms with Crippen molar-refractivity contribution < 1.29 is 10.2 Å². The van der Waals surface area contributed by atoms with Gasteiger partial charge in [-0.2, -0.15) is 0 Å². The lowest BCUT2D eigenvalue weighted by Crippen LogP contribution is -2.44. The summed E-state index contributed by atoms with van der Waals surface area (Å²) >= 11 is 0. The molecule has 1 atom stereocenters. The summed E-state index contributed by atoms with van der Waals surface area (Å²) in [5.74, 6) is 0.339. The Kier molecular flexibility index (Phi) is 16.1. The van der Waals surface area contributed by atoms with E-state index in [2.05, 4.69) is 22.5 Å². The van der Waals surface area contributed by atoms with E-state index < -0.39 is 6.17 Å². The molecule has 0 bridgehead atoms. The average Bonchev–Trinajstić information content (AvgIpc) is 2.76. The van der Waals surface area contributed by atoms with Crippen LogP contribution in [0.5, 0.6) is 11.5 Å². The van der Waals surface area contributed by atoms with Crippen LogP contribution in [-0.4, -0.2) is 49.0 Å². The fourth-order valence-electron chi connectivity index (χ4n) is 3.53. The monoisotopic (exact) mass is 437 g/mol. The molecule has 1 fully saturated rings. The highest BCUT2D eigenvalue weighted by Crippen LogP contribution is 2.34. The first kappa shape index (κ1) is 29.4. The van der Waals surface area contributed by atoms with Gasteiger partial charge in [0, 0.05) is 43.3 Å². The van der Waals surface area contributed by atoms with E-state index in [9.17, 15) is 10.2 Å². The lowest BCUT2D eigenvalue weighted by Gasteiger charge is -2.32. The summed E-state index contributed by atoms with van der Waals surface area (Å²) in [6, 6.07) is 4.15. The number of nitrogens with one attached hydrogen (secondary N) is 3. The van der Waals surface area contributed by atoms with Crippen molar-refractivity contribution in [2.24, 2.45) is 11.5 Å². The second kappa shape index (κ2) is 17.0. The number of likely N-dealkylation sites (N-methyl/N-ethyl adjacent to an activating group) is 1. The van der Waals surface area contributed by atoms with Crippen molar-refractivity contribution in [3.05, 3.63) is 35.9 Å². The molecule has 1 saturated carbocycles. The molecule has 1 unspecified atom stereocenters. The second-order valence-corrected chi connectivity index (χ2v) is 7.90. The number of rotatable bonds is 9. The summed E-state index contributed by atoms with van der Waals surface area (Å²) in [7, 11) is 1.97. The van der Waals surface area contributed by atoms with Crippen LogP contribution in [0.2, 0.25) is 0 Å². The zero-order valence-electron chi connectivity index (χ0n) is 20.2. The van der Waals surface area contributed by atoms with E-state index in [0.29, 0.717) is 24.2 Å². The first-order valence-electron chi connectivity index (χ1n) is 11.6. The molecule has 180 valence electrons. The third kappa shape index (κ3) is 11.0. The van der Waals surface area contributed by atoms with Crippen LogP contribution in [-0.2, 0) is 0 Å². The number of phenols is 2. The molecule has 0 spiro atoms. The molecule has 7 nitrogen and oxygen atoms in total. The lowest BCUT2D eigenvalue weighted by atomic mass is 9.90. The van der Waals surface area contributed by atoms with E-state index in [4.69, 9.17) is 11.5 Å². The Morgan fingerprint density at radius 2 is 1.55 bits per heavy atom. The number of nitrogens with two attached hydrogens (primary N) is 2. The third-order valence-corrected chi connectivity index (χ3v) is 5.25. The Labute approximate surface area is 189 Å². The largest absolute Gasteiger partial charge is 0.508 e. The van der Waals surface area contributed by atoms with Crippen molar-refractivity contribution in [3.8, 4) is 11.5 Å². The minimum Gasteiger partial charge on any atom is -0.508 e. The van der Waals surface area contributed by atoms with Crippen LogP contribution < -0.4 is 27.4 Å². The molecule has 1 aliphatic rings. The fraction of sp³-hybridized carbons (Fsp3) is 0.667. The van der Waals surface area contributed by atoms with Crippen molar-refractivity contribution in [2.75, 3.05) is 26.7 Å². The zero-order chi connectivity index (χ0) is 23.8. The molecule has 0 radical (unpaired) electrons. The molecule has 1 aromatic rings. The van der Waals surface area contributed by atoms with Crippen molar-refractivity contribution in [1.29, 1.82) is 0 Å². The Balaban J connectivity index is 0.00000134. The third-order valence-electron chi connectivity index (χ3n) is 5.25. The molecule has 0 saturated heterocycles. The summed E-state index contributed by atoms with van der Waals surface area (Å²) in [4.78, 5) is 0. The molecular formula is C24H47N5O2. The van der Waals surface area contributed by atoms with Crippen molar-refractivity contribution in [1.82, 2.24) is 16.0 Å². The molecule has 1 aliphatic carbocycles. The van der Waals surface area contributed by atoms with Crippen LogP contribution in [0.3, 0.4) is 0 Å². The summed E-state index contributed by atoms with van der Waals surface area (Å²) in [6.45, 7) is 13.9. The van der Waals surface area contributed by atoms with Crippen molar-refractivity contribution in [2.45, 2.75) is 77.5 Å². The van der Waals surface area contributed by atoms with E-state index >= 15 is 0 Å². The van der Waals surface area contributed by atoms with Gasteiger partial charge in [-0.25, -0.2) is 0 Å². The number of phenolic OH excluding ortho intramolecular Hbond substituents is 2. The summed E-state index contributed by atoms with van der Waals surface area (Å²) in [6.07, 6.45) is 5.62. The molecule has 0 amide bonds. The summed E-state index contributed by atoms with van der Waals surface area (Å²) < 4.78 is 0. The number of aromatic hydroxyl groups is 2. The quantitative estimate of drug-likeness (QED) is 0.180. The maximum absolute atomic E-state index is 10.2. The smallest absolute Gasteiger partial charge is 0.125 e. The highest BCUT2D eigenvalue weighted by atomic mass is 16.3. The summed E-state index contributed by atoms with van der Waals surface area (Å²) in [5.41, 5.74) is 12.7. The van der Waals surface area contributed by atoms with Crippen LogP contribution >= 0.6 is 0 Å². The molecule has 0 heterocycles. The molecule has 31 heavy (non-hydrogen) atoms. The lowest BCUT2D eigenvalue weighted by molar-refractivity contribution is 0.288. The van der Waals surface area contributed by atoms with Gasteiger partial charge >= 0.3 is 0 Å². The minimum absolute atomic E-state index is 0.0457. The average molecular weight is 438 g/mol. The normalized spacial score (nSPS) is 19.0. The molecule has 7 heteroatoms. The first-order valence-corrected chi connectivity index (χ1v) is 11.6. The molecule has 0 aliphatic heterocycles. The van der Waals surface area contributed by atoms with E-state index in [1.165, 1.54) is 6.07 Å². The minimum atomic E-state index is -0.433. The number of benzene rings is 1. The molecular weight excluding hydrogens is 390 g/mol. The van der Waals surface area contributed by atoms with E-state index in [0.717, 1.165) is 44.3 Å². The van der Waals surface area contributed by atoms with Crippen molar-refractivity contribution >= 4 is 0 Å². The Hall–Kier alpha value is -1.64. The Bertz CT molecular complexity index is 602. The maximum atomic E-state index is 10.2. The predicted octanol–water partition coefficient (Wildman–Crippen LogP) is 3.05. The Morgan fingerprint density at radius 1 is 1.03 bits per heavy atom. The van der Waals surface area contributed by atoms with E-state index in [-0.39, 0.29) is 17.4 Å². The van der Waals surface area contributed by atoms with Crippen LogP contribution in [0.4, 0.5) is 0 Å². The molecule has 2 rings (SSSR count). The fourth-order valence-corrected chi connectivity index (χ4v) is 3.53. The number of hydrogen-bond acceptors (Lipinski definition) is 7. The van der Waals surface area contributed by atoms with Gasteiger partial charge in [0.05, 0.1) is 6.17 Å². The maximum Gasteiger partial charge on any atom is 0.125 e. The first-order chi connectivity index (χ1) is 14.8. The molecule has 9 N–H and O–H groups in total. The van der Waals surface area contributed by atoms with Gasteiger partial charge in [0.2, 0.25) is 0 Å². The van der Waals surface area contributed by atoms with Gasteiger partial charge in [-0.1, -0.05) is 33.8 Å². The van der Waals surface area contributed by atoms with Gasteiger partial charge in [0.25, 0.3) is 0 Å². The van der Waals surface area contributed by atoms with Gasteiger partial charge in [-0.05, 0) is 50.3 Å². The zero-order valence-corrected chi connectivity index (χ0v) is 20.2. The van der Waals surface area contributed by atoms with Gasteiger partial charge in [0.15, 0.2) is 0 Å². The van der Waals surface area contributed by atoms with Crippen LogP contribution in [0, 0.1) is 0 Å². The van der Waals surface area contributed by atoms with Gasteiger partial charge in [0.1, 0.15) is 11.5 Å². The van der Waals surface area contributed by atoms with Crippen LogP contribution in [0.15, 0.2) is 24.8 Å². The van der Waals surface area contributed by atoms with Crippen LogP contribution in [0.1, 0.15) is 76.6 Å². The van der Waals surface area contributed by atoms with Crippen LogP contribution in [0.25, 0.3) is 0 Å². The van der Waals surface area contributed by atoms with Gasteiger partial charge in [-0.3, -0.25) is 5.32 Å². The Morgan fingerprint density at radius 3 is 2.03 bits per heavy atom. The second-order valence-electron chi connectivity index (χ2n) is 7.90. The molecule has 0 aromatic heterocycles. The van der Waals surface area contributed by atoms with E-state index in [1.54, 1.807) is 6.08 Å².